The van der Waals surface area contributed by atoms with Gasteiger partial charge in [0.05, 0.1) is 17.0 Å². The lowest BCUT2D eigenvalue weighted by molar-refractivity contribution is -0.137. The number of carbonyl (C=O) groups excluding carboxylic acids is 1. The molecular weight excluding hydrogens is 438 g/mol. The molecule has 0 atom stereocenters. The highest BCUT2D eigenvalue weighted by Crippen LogP contribution is 2.30. The number of benzene rings is 2. The maximum absolute atomic E-state index is 13.1. The predicted molar refractivity (Wildman–Crippen MR) is 106 cm³/mol. The Bertz CT molecular complexity index is 1030. The van der Waals surface area contributed by atoms with Gasteiger partial charge >= 0.3 is 6.18 Å². The monoisotopic (exact) mass is 459 g/mol. The third-order valence-corrected chi connectivity index (χ3v) is 6.75. The highest BCUT2D eigenvalue weighted by molar-refractivity contribution is 7.89. The van der Waals surface area contributed by atoms with Crippen molar-refractivity contribution in [3.8, 4) is 0 Å². The zero-order chi connectivity index (χ0) is 22.6. The number of alkyl halides is 3. The Labute approximate surface area is 177 Å². The normalized spacial score (nSPS) is 16.6. The molecule has 11 heteroatoms. The molecule has 1 fully saturated rings. The minimum absolute atomic E-state index is 0.00959. The Balaban J connectivity index is 1.59. The van der Waals surface area contributed by atoms with E-state index in [1.807, 2.05) is 0 Å². The molecular formula is C20H21F4N3O3S. The van der Waals surface area contributed by atoms with Crippen molar-refractivity contribution in [2.75, 3.05) is 38.0 Å². The number of hydrogen-bond acceptors (Lipinski definition) is 4. The van der Waals surface area contributed by atoms with Gasteiger partial charge in [-0.15, -0.1) is 0 Å². The van der Waals surface area contributed by atoms with E-state index in [-0.39, 0.29) is 36.8 Å². The minimum atomic E-state index is -4.51. The van der Waals surface area contributed by atoms with Crippen LogP contribution in [0, 0.1) is 5.82 Å². The molecule has 1 heterocycles. The predicted octanol–water partition coefficient (Wildman–Crippen LogP) is 3.18. The Morgan fingerprint density at radius 2 is 1.71 bits per heavy atom. The first-order valence-electron chi connectivity index (χ1n) is 9.51. The first kappa shape index (κ1) is 23.2. The van der Waals surface area contributed by atoms with E-state index in [1.165, 1.54) is 28.6 Å². The maximum Gasteiger partial charge on any atom is 0.416 e. The molecule has 3 rings (SSSR count). The second kappa shape index (κ2) is 9.33. The molecule has 0 saturated carbocycles. The summed E-state index contributed by atoms with van der Waals surface area (Å²) in [6.07, 6.45) is -4.04. The molecule has 1 aliphatic rings. The number of nitrogens with zero attached hydrogens (tertiary/aromatic N) is 2. The fourth-order valence-electron chi connectivity index (χ4n) is 3.28. The van der Waals surface area contributed by atoms with Crippen LogP contribution in [0.2, 0.25) is 0 Å². The first-order valence-corrected chi connectivity index (χ1v) is 10.9. The second-order valence-corrected chi connectivity index (χ2v) is 9.05. The summed E-state index contributed by atoms with van der Waals surface area (Å²) < 4.78 is 78.3. The number of halogens is 4. The molecule has 2 aromatic carbocycles. The summed E-state index contributed by atoms with van der Waals surface area (Å²) in [7, 11) is -3.79. The smallest absolute Gasteiger partial charge is 0.325 e. The topological polar surface area (TPSA) is 69.7 Å². The lowest BCUT2D eigenvalue weighted by Gasteiger charge is -2.21. The third kappa shape index (κ3) is 6.02. The van der Waals surface area contributed by atoms with Crippen molar-refractivity contribution >= 4 is 21.6 Å². The molecule has 31 heavy (non-hydrogen) atoms. The van der Waals surface area contributed by atoms with E-state index in [1.54, 1.807) is 4.90 Å². The molecule has 2 aromatic rings. The highest BCUT2D eigenvalue weighted by atomic mass is 32.2. The molecule has 0 aromatic heterocycles. The van der Waals surface area contributed by atoms with Gasteiger partial charge in [0.2, 0.25) is 15.9 Å². The molecule has 1 amide bonds. The molecule has 0 spiro atoms. The number of sulfonamides is 1. The number of amides is 1. The van der Waals surface area contributed by atoms with Gasteiger partial charge in [-0.1, -0.05) is 6.07 Å². The average Bonchev–Trinajstić information content (AvgIpc) is 2.94. The van der Waals surface area contributed by atoms with Gasteiger partial charge < -0.3 is 5.32 Å². The van der Waals surface area contributed by atoms with Gasteiger partial charge in [-0.2, -0.15) is 17.5 Å². The summed E-state index contributed by atoms with van der Waals surface area (Å²) in [6.45, 7) is 1.02. The molecule has 0 radical (unpaired) electrons. The third-order valence-electron chi connectivity index (χ3n) is 4.84. The molecule has 0 unspecified atom stereocenters. The molecule has 6 nitrogen and oxygen atoms in total. The largest absolute Gasteiger partial charge is 0.416 e. The van der Waals surface area contributed by atoms with Crippen molar-refractivity contribution in [1.82, 2.24) is 9.21 Å². The van der Waals surface area contributed by atoms with Crippen LogP contribution in [0.1, 0.15) is 12.0 Å². The lowest BCUT2D eigenvalue weighted by Crippen LogP contribution is -2.38. The number of carbonyl (C=O) groups is 1. The van der Waals surface area contributed by atoms with Crippen LogP contribution in [0.5, 0.6) is 0 Å². The Morgan fingerprint density at radius 1 is 1.00 bits per heavy atom. The van der Waals surface area contributed by atoms with Gasteiger partial charge in [0.15, 0.2) is 0 Å². The van der Waals surface area contributed by atoms with Gasteiger partial charge in [0, 0.05) is 25.3 Å². The van der Waals surface area contributed by atoms with Gasteiger partial charge in [-0.05, 0) is 55.4 Å². The van der Waals surface area contributed by atoms with Crippen molar-refractivity contribution in [2.24, 2.45) is 0 Å². The van der Waals surface area contributed by atoms with Gasteiger partial charge in [-0.25, -0.2) is 12.8 Å². The Hall–Kier alpha value is -2.50. The summed E-state index contributed by atoms with van der Waals surface area (Å²) in [5, 5.41) is 2.45. The molecule has 1 aliphatic heterocycles. The van der Waals surface area contributed by atoms with E-state index in [4.69, 9.17) is 0 Å². The van der Waals surface area contributed by atoms with Gasteiger partial charge in [0.1, 0.15) is 5.82 Å². The van der Waals surface area contributed by atoms with E-state index in [0.717, 1.165) is 24.3 Å². The van der Waals surface area contributed by atoms with E-state index in [0.29, 0.717) is 13.0 Å². The second-order valence-electron chi connectivity index (χ2n) is 7.11. The minimum Gasteiger partial charge on any atom is -0.325 e. The summed E-state index contributed by atoms with van der Waals surface area (Å²) in [5.41, 5.74) is -0.822. The summed E-state index contributed by atoms with van der Waals surface area (Å²) in [5.74, 6) is -1.03. The standard InChI is InChI=1S/C20H21F4N3O3S/c21-16-5-7-18(8-6-16)31(29,30)27-10-2-9-26(11-12-27)14-19(28)25-17-4-1-3-15(13-17)20(22,23)24/h1,3-8,13H,2,9-12,14H2,(H,25,28). The molecule has 0 aliphatic carbocycles. The van der Waals surface area contributed by atoms with Crippen LogP contribution in [0.4, 0.5) is 23.2 Å². The van der Waals surface area contributed by atoms with E-state index < -0.39 is 33.5 Å². The first-order chi connectivity index (χ1) is 14.6. The number of hydrogen-bond donors (Lipinski definition) is 1. The van der Waals surface area contributed by atoms with Crippen LogP contribution in [0.15, 0.2) is 53.4 Å². The van der Waals surface area contributed by atoms with Crippen molar-refractivity contribution in [1.29, 1.82) is 0 Å². The van der Waals surface area contributed by atoms with E-state index >= 15 is 0 Å². The lowest BCUT2D eigenvalue weighted by atomic mass is 10.2. The average molecular weight is 459 g/mol. The number of rotatable bonds is 5. The molecule has 1 N–H and O–H groups in total. The molecule has 0 bridgehead atoms. The van der Waals surface area contributed by atoms with Gasteiger partial charge in [0.25, 0.3) is 0 Å². The molecule has 1 saturated heterocycles. The van der Waals surface area contributed by atoms with Gasteiger partial charge in [-0.3, -0.25) is 9.69 Å². The van der Waals surface area contributed by atoms with Crippen molar-refractivity contribution < 1.29 is 30.8 Å². The zero-order valence-corrected chi connectivity index (χ0v) is 17.2. The van der Waals surface area contributed by atoms with Crippen LogP contribution >= 0.6 is 0 Å². The van der Waals surface area contributed by atoms with Crippen molar-refractivity contribution in [3.05, 3.63) is 59.9 Å². The summed E-state index contributed by atoms with van der Waals surface area (Å²) in [6, 6.07) is 8.92. The summed E-state index contributed by atoms with van der Waals surface area (Å²) in [4.78, 5) is 14.0. The highest BCUT2D eigenvalue weighted by Gasteiger charge is 2.31. The maximum atomic E-state index is 13.1. The van der Waals surface area contributed by atoms with Crippen LogP contribution in [-0.4, -0.2) is 56.3 Å². The van der Waals surface area contributed by atoms with Crippen LogP contribution in [-0.2, 0) is 21.0 Å². The summed E-state index contributed by atoms with van der Waals surface area (Å²) >= 11 is 0. The zero-order valence-electron chi connectivity index (χ0n) is 16.4. The van der Waals surface area contributed by atoms with Crippen molar-refractivity contribution in [2.45, 2.75) is 17.5 Å². The van der Waals surface area contributed by atoms with E-state index in [2.05, 4.69) is 5.32 Å². The van der Waals surface area contributed by atoms with E-state index in [9.17, 15) is 30.8 Å². The van der Waals surface area contributed by atoms with Crippen LogP contribution in [0.25, 0.3) is 0 Å². The fraction of sp³-hybridized carbons (Fsp3) is 0.350. The van der Waals surface area contributed by atoms with Crippen molar-refractivity contribution in [3.63, 3.8) is 0 Å². The number of nitrogens with one attached hydrogen (secondary N) is 1. The quantitative estimate of drug-likeness (QED) is 0.698. The fourth-order valence-corrected chi connectivity index (χ4v) is 4.75. The van der Waals surface area contributed by atoms with Crippen LogP contribution in [0.3, 0.4) is 0 Å². The SMILES string of the molecule is O=C(CN1CCCN(S(=O)(=O)c2ccc(F)cc2)CC1)Nc1cccc(C(F)(F)F)c1. The Morgan fingerprint density at radius 3 is 2.39 bits per heavy atom. The Kier molecular flexibility index (Phi) is 6.97. The molecule has 168 valence electrons. The number of anilines is 1. The van der Waals surface area contributed by atoms with Crippen LogP contribution < -0.4 is 5.32 Å².